The van der Waals surface area contributed by atoms with Crippen LogP contribution in [0.4, 0.5) is 8.78 Å². The van der Waals surface area contributed by atoms with Gasteiger partial charge in [-0.3, -0.25) is 0 Å². The van der Waals surface area contributed by atoms with E-state index in [4.69, 9.17) is 4.74 Å². The van der Waals surface area contributed by atoms with Crippen LogP contribution in [0.5, 0.6) is 0 Å². The van der Waals surface area contributed by atoms with Crippen LogP contribution in [0.25, 0.3) is 0 Å². The van der Waals surface area contributed by atoms with Crippen LogP contribution in [0.3, 0.4) is 0 Å². The van der Waals surface area contributed by atoms with Gasteiger partial charge in [0.1, 0.15) is 6.61 Å². The molecule has 1 unspecified atom stereocenters. The predicted octanol–water partition coefficient (Wildman–Crippen LogP) is 3.58. The molecule has 0 bridgehead atoms. The van der Waals surface area contributed by atoms with Crippen LogP contribution in [0.2, 0.25) is 0 Å². The number of benzene rings is 1. The van der Waals surface area contributed by atoms with Gasteiger partial charge < -0.3 is 10.1 Å². The fourth-order valence-electron chi connectivity index (χ4n) is 2.03. The van der Waals surface area contributed by atoms with E-state index in [1.54, 1.807) is 0 Å². The molecule has 1 rings (SSSR count). The first-order chi connectivity index (χ1) is 9.61. The molecule has 1 atom stereocenters. The van der Waals surface area contributed by atoms with E-state index in [0.717, 1.165) is 25.8 Å². The summed E-state index contributed by atoms with van der Waals surface area (Å²) in [6, 6.07) is 8.71. The van der Waals surface area contributed by atoms with Crippen molar-refractivity contribution in [2.75, 3.05) is 19.8 Å². The fourth-order valence-corrected chi connectivity index (χ4v) is 2.03. The van der Waals surface area contributed by atoms with Gasteiger partial charge in [0, 0.05) is 12.6 Å². The fraction of sp³-hybridized carbons (Fsp3) is 0.625. The van der Waals surface area contributed by atoms with Gasteiger partial charge in [0.15, 0.2) is 0 Å². The van der Waals surface area contributed by atoms with Gasteiger partial charge in [-0.05, 0) is 38.3 Å². The summed E-state index contributed by atoms with van der Waals surface area (Å²) in [6.45, 7) is 5.02. The molecular weight excluding hydrogens is 260 g/mol. The largest absolute Gasteiger partial charge is 0.375 e. The Hall–Kier alpha value is -1.00. The molecule has 1 N–H and O–H groups in total. The van der Waals surface area contributed by atoms with Crippen molar-refractivity contribution in [1.82, 2.24) is 5.32 Å². The summed E-state index contributed by atoms with van der Waals surface area (Å²) in [4.78, 5) is 0. The summed E-state index contributed by atoms with van der Waals surface area (Å²) in [5, 5.41) is 3.45. The molecule has 2 nitrogen and oxygen atoms in total. The van der Waals surface area contributed by atoms with Gasteiger partial charge >= 0.3 is 0 Å². The smallest absolute Gasteiger partial charge is 0.261 e. The second kappa shape index (κ2) is 9.83. The Morgan fingerprint density at radius 3 is 2.50 bits per heavy atom. The summed E-state index contributed by atoms with van der Waals surface area (Å²) >= 11 is 0. The van der Waals surface area contributed by atoms with Gasteiger partial charge in [-0.15, -0.1) is 0 Å². The standard InChI is InChI=1S/C16H25F2NO/c1-3-9-19-15(8-10-20-12-16(17)18)11-14-6-4-13(2)5-7-14/h4-7,15-16,19H,3,8-12H2,1-2H3. The highest BCUT2D eigenvalue weighted by atomic mass is 19.3. The maximum absolute atomic E-state index is 12.0. The van der Waals surface area contributed by atoms with Crippen LogP contribution >= 0.6 is 0 Å². The highest BCUT2D eigenvalue weighted by molar-refractivity contribution is 5.22. The van der Waals surface area contributed by atoms with Crippen LogP contribution in [0.1, 0.15) is 30.9 Å². The van der Waals surface area contributed by atoms with E-state index in [1.165, 1.54) is 11.1 Å². The summed E-state index contributed by atoms with van der Waals surface area (Å²) in [5.41, 5.74) is 2.50. The zero-order valence-electron chi connectivity index (χ0n) is 12.4. The third kappa shape index (κ3) is 7.56. The number of ether oxygens (including phenoxy) is 1. The average Bonchev–Trinajstić information content (AvgIpc) is 2.42. The molecule has 1 aromatic carbocycles. The molecule has 0 saturated carbocycles. The lowest BCUT2D eigenvalue weighted by molar-refractivity contribution is 0.0144. The first-order valence-corrected chi connectivity index (χ1v) is 7.26. The molecule has 0 amide bonds. The van der Waals surface area contributed by atoms with Gasteiger partial charge in [-0.1, -0.05) is 36.8 Å². The van der Waals surface area contributed by atoms with Gasteiger partial charge in [-0.25, -0.2) is 8.78 Å². The highest BCUT2D eigenvalue weighted by Crippen LogP contribution is 2.09. The van der Waals surface area contributed by atoms with Gasteiger partial charge in [0.2, 0.25) is 0 Å². The van der Waals surface area contributed by atoms with Crippen LogP contribution in [-0.4, -0.2) is 32.2 Å². The number of aryl methyl sites for hydroxylation is 1. The van der Waals surface area contributed by atoms with E-state index in [1.807, 2.05) is 0 Å². The molecule has 0 spiro atoms. The molecule has 0 aliphatic rings. The predicted molar refractivity (Wildman–Crippen MR) is 78.4 cm³/mol. The van der Waals surface area contributed by atoms with E-state index < -0.39 is 13.0 Å². The van der Waals surface area contributed by atoms with Crippen LogP contribution in [0.15, 0.2) is 24.3 Å². The first-order valence-electron chi connectivity index (χ1n) is 7.26. The Labute approximate surface area is 120 Å². The lowest BCUT2D eigenvalue weighted by Crippen LogP contribution is -2.33. The van der Waals surface area contributed by atoms with E-state index in [-0.39, 0.29) is 6.04 Å². The lowest BCUT2D eigenvalue weighted by atomic mass is 10.0. The molecule has 0 saturated heterocycles. The molecule has 20 heavy (non-hydrogen) atoms. The molecule has 0 heterocycles. The summed E-state index contributed by atoms with van der Waals surface area (Å²) in [5.74, 6) is 0. The van der Waals surface area contributed by atoms with E-state index in [9.17, 15) is 8.78 Å². The van der Waals surface area contributed by atoms with Crippen molar-refractivity contribution in [3.63, 3.8) is 0 Å². The normalized spacial score (nSPS) is 12.8. The third-order valence-electron chi connectivity index (χ3n) is 3.14. The molecule has 114 valence electrons. The number of alkyl halides is 2. The molecule has 1 aromatic rings. The van der Waals surface area contributed by atoms with E-state index >= 15 is 0 Å². The SMILES string of the molecule is CCCNC(CCOCC(F)F)Cc1ccc(C)cc1. The zero-order valence-corrected chi connectivity index (χ0v) is 12.4. The molecular formula is C16H25F2NO. The van der Waals surface area contributed by atoms with Crippen molar-refractivity contribution in [3.8, 4) is 0 Å². The Morgan fingerprint density at radius 1 is 1.20 bits per heavy atom. The second-order valence-corrected chi connectivity index (χ2v) is 5.10. The van der Waals surface area contributed by atoms with Crippen LogP contribution < -0.4 is 5.32 Å². The Morgan fingerprint density at radius 2 is 1.90 bits per heavy atom. The topological polar surface area (TPSA) is 21.3 Å². The molecule has 0 aliphatic carbocycles. The van der Waals surface area contributed by atoms with Crippen molar-refractivity contribution < 1.29 is 13.5 Å². The molecule has 0 aliphatic heterocycles. The summed E-state index contributed by atoms with van der Waals surface area (Å²) < 4.78 is 29.0. The maximum atomic E-state index is 12.0. The number of hydrogen-bond acceptors (Lipinski definition) is 2. The van der Waals surface area contributed by atoms with Gasteiger partial charge in [0.25, 0.3) is 6.43 Å². The maximum Gasteiger partial charge on any atom is 0.261 e. The Balaban J connectivity index is 2.40. The number of rotatable bonds is 10. The number of nitrogens with one attached hydrogen (secondary N) is 1. The van der Waals surface area contributed by atoms with Gasteiger partial charge in [-0.2, -0.15) is 0 Å². The van der Waals surface area contributed by atoms with Crippen molar-refractivity contribution in [2.45, 2.75) is 45.6 Å². The minimum Gasteiger partial charge on any atom is -0.375 e. The van der Waals surface area contributed by atoms with Crippen molar-refractivity contribution in [2.24, 2.45) is 0 Å². The van der Waals surface area contributed by atoms with Crippen LogP contribution in [-0.2, 0) is 11.2 Å². The Bertz CT molecular complexity index is 354. The quantitative estimate of drug-likeness (QED) is 0.663. The average molecular weight is 285 g/mol. The molecule has 4 heteroatoms. The molecule has 0 aromatic heterocycles. The van der Waals surface area contributed by atoms with E-state index in [2.05, 4.69) is 43.4 Å². The monoisotopic (exact) mass is 285 g/mol. The van der Waals surface area contributed by atoms with Crippen LogP contribution in [0, 0.1) is 6.92 Å². The number of halogens is 2. The van der Waals surface area contributed by atoms with Crippen molar-refractivity contribution >= 4 is 0 Å². The minimum atomic E-state index is -2.38. The van der Waals surface area contributed by atoms with E-state index in [0.29, 0.717) is 6.61 Å². The second-order valence-electron chi connectivity index (χ2n) is 5.10. The van der Waals surface area contributed by atoms with Crippen molar-refractivity contribution in [1.29, 1.82) is 0 Å². The Kier molecular flexibility index (Phi) is 8.38. The lowest BCUT2D eigenvalue weighted by Gasteiger charge is -2.19. The molecule has 0 fully saturated rings. The first kappa shape index (κ1) is 17.1. The third-order valence-corrected chi connectivity index (χ3v) is 3.14. The van der Waals surface area contributed by atoms with Crippen molar-refractivity contribution in [3.05, 3.63) is 35.4 Å². The summed E-state index contributed by atoms with van der Waals surface area (Å²) in [7, 11) is 0. The summed E-state index contributed by atoms with van der Waals surface area (Å²) in [6.07, 6.45) is 0.329. The van der Waals surface area contributed by atoms with Gasteiger partial charge in [0.05, 0.1) is 0 Å². The molecule has 0 radical (unpaired) electrons. The minimum absolute atomic E-state index is 0.273. The number of hydrogen-bond donors (Lipinski definition) is 1. The zero-order chi connectivity index (χ0) is 14.8. The highest BCUT2D eigenvalue weighted by Gasteiger charge is 2.10.